The molecule has 0 aromatic carbocycles. The Morgan fingerprint density at radius 2 is 1.68 bits per heavy atom. The molecule has 38 heavy (non-hydrogen) atoms. The molecule has 0 spiro atoms. The van der Waals surface area contributed by atoms with Gasteiger partial charge in [-0.1, -0.05) is 13.8 Å². The van der Waals surface area contributed by atoms with Crippen molar-refractivity contribution in [3.63, 3.8) is 0 Å². The number of carbonyl (C=O) groups is 4. The molecule has 4 unspecified atom stereocenters. The number of imidazole rings is 1. The standard InChI is InChI=1S/C23H41N9O5S/c1-13(2)9-17(20(34)30-16(22(36)37)6-8-38-3)32-21(35)18(10-14-11-27-12-29-14)31-19(33)15(24)5-4-7-28-23(25)26/h11-13,15-18H,4-10,24H2,1-3H3,(H,27,29)(H,30,34)(H,31,33)(H,32,35)(H,36,37)(H4,25,26,28). The van der Waals surface area contributed by atoms with Crippen LogP contribution in [-0.2, 0) is 25.6 Å². The molecule has 15 heteroatoms. The Kier molecular flexibility index (Phi) is 14.8. The molecular weight excluding hydrogens is 514 g/mol. The number of hydrogen-bond acceptors (Lipinski definition) is 8. The van der Waals surface area contributed by atoms with Crippen LogP contribution in [0.15, 0.2) is 17.5 Å². The molecule has 0 saturated carbocycles. The van der Waals surface area contributed by atoms with Gasteiger partial charge in [-0.25, -0.2) is 9.78 Å². The maximum atomic E-state index is 13.3. The second kappa shape index (κ2) is 17.2. The molecule has 1 aromatic heterocycles. The van der Waals surface area contributed by atoms with Crippen molar-refractivity contribution >= 4 is 41.4 Å². The molecule has 0 aliphatic heterocycles. The molecule has 1 aromatic rings. The quantitative estimate of drug-likeness (QED) is 0.0602. The lowest BCUT2D eigenvalue weighted by Gasteiger charge is -2.26. The highest BCUT2D eigenvalue weighted by Crippen LogP contribution is 2.09. The molecular formula is C23H41N9O5S. The highest BCUT2D eigenvalue weighted by Gasteiger charge is 2.31. The van der Waals surface area contributed by atoms with Gasteiger partial charge in [0.2, 0.25) is 17.7 Å². The number of aliphatic carboxylic acids is 1. The third-order valence-corrected chi connectivity index (χ3v) is 6.13. The number of aromatic amines is 1. The van der Waals surface area contributed by atoms with E-state index in [1.54, 1.807) is 0 Å². The van der Waals surface area contributed by atoms with Crippen molar-refractivity contribution in [3.05, 3.63) is 18.2 Å². The number of carboxylic acids is 1. The fourth-order valence-electron chi connectivity index (χ4n) is 3.50. The number of carbonyl (C=O) groups excluding carboxylic acids is 3. The largest absolute Gasteiger partial charge is 0.480 e. The molecule has 1 rings (SSSR count). The Labute approximate surface area is 226 Å². The molecule has 214 valence electrons. The molecule has 14 nitrogen and oxygen atoms in total. The van der Waals surface area contributed by atoms with Gasteiger partial charge in [-0.05, 0) is 43.6 Å². The summed E-state index contributed by atoms with van der Waals surface area (Å²) in [5.74, 6) is -2.43. The first-order valence-corrected chi connectivity index (χ1v) is 13.7. The van der Waals surface area contributed by atoms with Gasteiger partial charge in [-0.3, -0.25) is 19.4 Å². The monoisotopic (exact) mass is 555 g/mol. The summed E-state index contributed by atoms with van der Waals surface area (Å²) in [7, 11) is 0. The van der Waals surface area contributed by atoms with Crippen LogP contribution < -0.4 is 33.2 Å². The number of hydrogen-bond donors (Lipinski definition) is 8. The van der Waals surface area contributed by atoms with E-state index < -0.39 is 47.9 Å². The number of nitrogens with one attached hydrogen (secondary N) is 4. The van der Waals surface area contributed by atoms with Crippen LogP contribution in [0, 0.1) is 5.92 Å². The lowest BCUT2D eigenvalue weighted by atomic mass is 10.0. The SMILES string of the molecule is CSCCC(NC(=O)C(CC(C)C)NC(=O)C(Cc1cnc[nH]1)NC(=O)C(N)CCCN=C(N)N)C(=O)O. The minimum Gasteiger partial charge on any atom is -0.480 e. The van der Waals surface area contributed by atoms with E-state index in [0.29, 0.717) is 24.4 Å². The molecule has 0 aliphatic rings. The number of nitrogens with zero attached hydrogens (tertiary/aromatic N) is 2. The van der Waals surface area contributed by atoms with Crippen molar-refractivity contribution in [2.75, 3.05) is 18.6 Å². The fraction of sp³-hybridized carbons (Fsp3) is 0.652. The highest BCUT2D eigenvalue weighted by atomic mass is 32.2. The van der Waals surface area contributed by atoms with Crippen LogP contribution in [0.3, 0.4) is 0 Å². The topological polar surface area (TPSA) is 244 Å². The number of thioether (sulfide) groups is 1. The minimum atomic E-state index is -1.15. The van der Waals surface area contributed by atoms with Gasteiger partial charge >= 0.3 is 5.97 Å². The van der Waals surface area contributed by atoms with Crippen LogP contribution in [0.2, 0.25) is 0 Å². The first kappa shape index (κ1) is 32.7. The van der Waals surface area contributed by atoms with Crippen LogP contribution >= 0.6 is 11.8 Å². The van der Waals surface area contributed by atoms with Gasteiger partial charge in [0.1, 0.15) is 18.1 Å². The van der Waals surface area contributed by atoms with Crippen molar-refractivity contribution in [3.8, 4) is 0 Å². The minimum absolute atomic E-state index is 0.0137. The van der Waals surface area contributed by atoms with Gasteiger partial charge in [0.15, 0.2) is 5.96 Å². The lowest BCUT2D eigenvalue weighted by molar-refractivity contribution is -0.142. The van der Waals surface area contributed by atoms with Crippen LogP contribution in [0.25, 0.3) is 0 Å². The lowest BCUT2D eigenvalue weighted by Crippen LogP contribution is -2.58. The average Bonchev–Trinajstić information content (AvgIpc) is 3.35. The van der Waals surface area contributed by atoms with E-state index in [-0.39, 0.29) is 37.6 Å². The van der Waals surface area contributed by atoms with E-state index in [2.05, 4.69) is 30.9 Å². The second-order valence-corrected chi connectivity index (χ2v) is 10.3. The summed E-state index contributed by atoms with van der Waals surface area (Å²) in [4.78, 5) is 61.4. The summed E-state index contributed by atoms with van der Waals surface area (Å²) in [6.07, 6.45) is 6.12. The maximum absolute atomic E-state index is 13.3. The van der Waals surface area contributed by atoms with Gasteiger partial charge in [0, 0.05) is 24.9 Å². The summed E-state index contributed by atoms with van der Waals surface area (Å²) < 4.78 is 0. The maximum Gasteiger partial charge on any atom is 0.326 e. The van der Waals surface area contributed by atoms with Crippen molar-refractivity contribution in [2.24, 2.45) is 28.1 Å². The molecule has 0 saturated heterocycles. The van der Waals surface area contributed by atoms with Gasteiger partial charge in [-0.15, -0.1) is 0 Å². The molecule has 3 amide bonds. The molecule has 0 aliphatic carbocycles. The molecule has 4 atom stereocenters. The molecule has 0 bridgehead atoms. The Morgan fingerprint density at radius 1 is 1.05 bits per heavy atom. The van der Waals surface area contributed by atoms with Crippen molar-refractivity contribution in [2.45, 2.75) is 70.1 Å². The van der Waals surface area contributed by atoms with Gasteiger partial charge in [0.25, 0.3) is 0 Å². The van der Waals surface area contributed by atoms with Crippen molar-refractivity contribution in [1.82, 2.24) is 25.9 Å². The van der Waals surface area contributed by atoms with Crippen LogP contribution in [0.4, 0.5) is 0 Å². The van der Waals surface area contributed by atoms with Crippen LogP contribution in [0.1, 0.15) is 45.2 Å². The Bertz CT molecular complexity index is 922. The van der Waals surface area contributed by atoms with Gasteiger partial charge < -0.3 is 43.2 Å². The summed E-state index contributed by atoms with van der Waals surface area (Å²) in [6.45, 7) is 4.06. The normalized spacial score (nSPS) is 14.1. The number of nitrogens with two attached hydrogens (primary N) is 3. The van der Waals surface area contributed by atoms with E-state index in [9.17, 15) is 24.3 Å². The zero-order valence-corrected chi connectivity index (χ0v) is 22.9. The summed E-state index contributed by atoms with van der Waals surface area (Å²) in [5, 5.41) is 17.3. The third-order valence-electron chi connectivity index (χ3n) is 5.48. The smallest absolute Gasteiger partial charge is 0.326 e. The molecule has 0 fully saturated rings. The Hall–Kier alpha value is -3.33. The van der Waals surface area contributed by atoms with E-state index in [4.69, 9.17) is 17.2 Å². The number of aromatic nitrogens is 2. The predicted octanol–water partition coefficient (Wildman–Crippen LogP) is -1.33. The number of aliphatic imine (C=N–C) groups is 1. The first-order chi connectivity index (χ1) is 17.9. The van der Waals surface area contributed by atoms with Crippen molar-refractivity contribution in [1.29, 1.82) is 0 Å². The molecule has 1 heterocycles. The second-order valence-electron chi connectivity index (χ2n) is 9.27. The Balaban J connectivity index is 2.98. The number of guanidine groups is 1. The van der Waals surface area contributed by atoms with Crippen LogP contribution in [0.5, 0.6) is 0 Å². The van der Waals surface area contributed by atoms with Crippen molar-refractivity contribution < 1.29 is 24.3 Å². The number of amides is 3. The predicted molar refractivity (Wildman–Crippen MR) is 146 cm³/mol. The van der Waals surface area contributed by atoms with Gasteiger partial charge in [-0.2, -0.15) is 11.8 Å². The van der Waals surface area contributed by atoms with E-state index in [1.807, 2.05) is 20.1 Å². The number of carboxylic acid groups (broad SMARTS) is 1. The van der Waals surface area contributed by atoms with E-state index in [0.717, 1.165) is 0 Å². The number of rotatable bonds is 18. The zero-order valence-electron chi connectivity index (χ0n) is 22.1. The van der Waals surface area contributed by atoms with E-state index in [1.165, 1.54) is 24.3 Å². The fourth-order valence-corrected chi connectivity index (χ4v) is 3.97. The summed E-state index contributed by atoms with van der Waals surface area (Å²) >= 11 is 1.46. The van der Waals surface area contributed by atoms with Gasteiger partial charge in [0.05, 0.1) is 12.4 Å². The first-order valence-electron chi connectivity index (χ1n) is 12.4. The van der Waals surface area contributed by atoms with E-state index >= 15 is 0 Å². The average molecular weight is 556 g/mol. The van der Waals surface area contributed by atoms with Crippen LogP contribution in [-0.4, -0.2) is 87.4 Å². The summed E-state index contributed by atoms with van der Waals surface area (Å²) in [6, 6.07) is -4.07. The highest BCUT2D eigenvalue weighted by molar-refractivity contribution is 7.98. The molecule has 11 N–H and O–H groups in total. The molecule has 0 radical (unpaired) electrons. The third kappa shape index (κ3) is 12.8. The number of H-pyrrole nitrogens is 1. The zero-order chi connectivity index (χ0) is 28.7. The summed E-state index contributed by atoms with van der Waals surface area (Å²) in [5.41, 5.74) is 17.2. The Morgan fingerprint density at radius 3 is 2.24 bits per heavy atom.